The molecule has 5 nitrogen and oxygen atoms in total. The Kier molecular flexibility index (Phi) is 5.34. The third-order valence-corrected chi connectivity index (χ3v) is 5.17. The number of pyridine rings is 1. The van der Waals surface area contributed by atoms with Gasteiger partial charge in [-0.3, -0.25) is 9.59 Å². The standard InChI is InChI=1S/C20H24N2O3/c1-22(16-9-7-14(13-23)8-10-16)20(25)17-11-12-18(21-19(17)24)15-5-3-2-4-6-15/h2-6,11-12,14,16,23H,7-10,13H2,1H3,(H,21,24). The number of carbonyl (C=O) groups excluding carboxylic acids is 1. The molecule has 3 rings (SSSR count). The van der Waals surface area contributed by atoms with E-state index in [1.807, 2.05) is 30.3 Å². The van der Waals surface area contributed by atoms with Crippen LogP contribution in [-0.4, -0.2) is 40.6 Å². The molecule has 1 aliphatic rings. The first-order valence-electron chi connectivity index (χ1n) is 8.77. The fraction of sp³-hybridized carbons (Fsp3) is 0.400. The van der Waals surface area contributed by atoms with Gasteiger partial charge in [-0.25, -0.2) is 0 Å². The molecule has 1 aromatic carbocycles. The molecule has 2 aromatic rings. The zero-order valence-corrected chi connectivity index (χ0v) is 14.4. The summed E-state index contributed by atoms with van der Waals surface area (Å²) in [6.45, 7) is 0.213. The quantitative estimate of drug-likeness (QED) is 0.899. The van der Waals surface area contributed by atoms with Crippen LogP contribution in [0.3, 0.4) is 0 Å². The smallest absolute Gasteiger partial charge is 0.261 e. The highest BCUT2D eigenvalue weighted by atomic mass is 16.3. The molecule has 2 N–H and O–H groups in total. The van der Waals surface area contributed by atoms with E-state index in [0.29, 0.717) is 11.6 Å². The summed E-state index contributed by atoms with van der Waals surface area (Å²) in [5.41, 5.74) is 1.43. The molecule has 0 radical (unpaired) electrons. The zero-order valence-electron chi connectivity index (χ0n) is 14.4. The predicted molar refractivity (Wildman–Crippen MR) is 97.4 cm³/mol. The highest BCUT2D eigenvalue weighted by Crippen LogP contribution is 2.27. The highest BCUT2D eigenvalue weighted by Gasteiger charge is 2.27. The molecular weight excluding hydrogens is 316 g/mol. The average Bonchev–Trinajstić information content (AvgIpc) is 2.67. The van der Waals surface area contributed by atoms with Gasteiger partial charge >= 0.3 is 0 Å². The van der Waals surface area contributed by atoms with Crippen LogP contribution < -0.4 is 5.56 Å². The van der Waals surface area contributed by atoms with Crippen molar-refractivity contribution in [1.29, 1.82) is 0 Å². The molecule has 1 amide bonds. The van der Waals surface area contributed by atoms with Gasteiger partial charge in [-0.05, 0) is 49.3 Å². The molecule has 1 heterocycles. The van der Waals surface area contributed by atoms with Crippen LogP contribution in [0, 0.1) is 5.92 Å². The van der Waals surface area contributed by atoms with Crippen molar-refractivity contribution < 1.29 is 9.90 Å². The summed E-state index contributed by atoms with van der Waals surface area (Å²) in [6, 6.07) is 13.1. The van der Waals surface area contributed by atoms with Crippen molar-refractivity contribution in [3.63, 3.8) is 0 Å². The molecule has 0 bridgehead atoms. The molecule has 1 saturated carbocycles. The minimum absolute atomic E-state index is 0.128. The van der Waals surface area contributed by atoms with Crippen LogP contribution in [0.1, 0.15) is 36.0 Å². The molecular formula is C20H24N2O3. The molecule has 0 saturated heterocycles. The fourth-order valence-electron chi connectivity index (χ4n) is 3.50. The van der Waals surface area contributed by atoms with E-state index in [0.717, 1.165) is 31.2 Å². The number of aromatic nitrogens is 1. The lowest BCUT2D eigenvalue weighted by molar-refractivity contribution is 0.0651. The van der Waals surface area contributed by atoms with E-state index in [9.17, 15) is 14.7 Å². The molecule has 5 heteroatoms. The number of amides is 1. The minimum atomic E-state index is -0.359. The lowest BCUT2D eigenvalue weighted by atomic mass is 9.86. The van der Waals surface area contributed by atoms with Gasteiger partial charge in [-0.1, -0.05) is 30.3 Å². The van der Waals surface area contributed by atoms with Crippen molar-refractivity contribution in [1.82, 2.24) is 9.88 Å². The summed E-state index contributed by atoms with van der Waals surface area (Å²) in [5, 5.41) is 9.23. The summed E-state index contributed by atoms with van der Waals surface area (Å²) in [7, 11) is 1.76. The molecule has 25 heavy (non-hydrogen) atoms. The molecule has 1 fully saturated rings. The van der Waals surface area contributed by atoms with Gasteiger partial charge in [0, 0.05) is 25.4 Å². The van der Waals surface area contributed by atoms with Gasteiger partial charge in [-0.2, -0.15) is 0 Å². The Hall–Kier alpha value is -2.40. The number of H-pyrrole nitrogens is 1. The Morgan fingerprint density at radius 1 is 1.12 bits per heavy atom. The SMILES string of the molecule is CN(C(=O)c1ccc(-c2ccccc2)[nH]c1=O)C1CCC(CO)CC1. The van der Waals surface area contributed by atoms with E-state index in [-0.39, 0.29) is 29.7 Å². The summed E-state index contributed by atoms with van der Waals surface area (Å²) < 4.78 is 0. The first-order valence-corrected chi connectivity index (χ1v) is 8.77. The molecule has 0 atom stereocenters. The minimum Gasteiger partial charge on any atom is -0.396 e. The number of nitrogens with zero attached hydrogens (tertiary/aromatic N) is 1. The Morgan fingerprint density at radius 3 is 2.40 bits per heavy atom. The Labute approximate surface area is 147 Å². The Morgan fingerprint density at radius 2 is 1.80 bits per heavy atom. The second-order valence-corrected chi connectivity index (χ2v) is 6.75. The third-order valence-electron chi connectivity index (χ3n) is 5.17. The number of benzene rings is 1. The van der Waals surface area contributed by atoms with Crippen LogP contribution >= 0.6 is 0 Å². The number of rotatable bonds is 4. The zero-order chi connectivity index (χ0) is 17.8. The summed E-state index contributed by atoms with van der Waals surface area (Å²) >= 11 is 0. The number of aliphatic hydroxyl groups is 1. The van der Waals surface area contributed by atoms with Crippen molar-refractivity contribution >= 4 is 5.91 Å². The maximum atomic E-state index is 12.7. The normalized spacial score (nSPS) is 20.2. The Bertz CT molecular complexity index is 777. The maximum Gasteiger partial charge on any atom is 0.261 e. The van der Waals surface area contributed by atoms with Crippen molar-refractivity contribution in [2.75, 3.05) is 13.7 Å². The number of carbonyl (C=O) groups is 1. The van der Waals surface area contributed by atoms with Gasteiger partial charge in [-0.15, -0.1) is 0 Å². The largest absolute Gasteiger partial charge is 0.396 e. The topological polar surface area (TPSA) is 73.4 Å². The van der Waals surface area contributed by atoms with Gasteiger partial charge in [0.25, 0.3) is 11.5 Å². The van der Waals surface area contributed by atoms with E-state index in [2.05, 4.69) is 4.98 Å². The average molecular weight is 340 g/mol. The van der Waals surface area contributed by atoms with Crippen LogP contribution in [0.15, 0.2) is 47.3 Å². The van der Waals surface area contributed by atoms with E-state index >= 15 is 0 Å². The van der Waals surface area contributed by atoms with E-state index < -0.39 is 0 Å². The van der Waals surface area contributed by atoms with Crippen molar-refractivity contribution in [3.8, 4) is 11.3 Å². The number of aliphatic hydroxyl groups excluding tert-OH is 1. The molecule has 1 aliphatic carbocycles. The summed E-state index contributed by atoms with van der Waals surface area (Å²) in [5.74, 6) is 0.0987. The number of nitrogens with one attached hydrogen (secondary N) is 1. The monoisotopic (exact) mass is 340 g/mol. The molecule has 0 spiro atoms. The van der Waals surface area contributed by atoms with Crippen LogP contribution in [-0.2, 0) is 0 Å². The van der Waals surface area contributed by atoms with Crippen LogP contribution in [0.5, 0.6) is 0 Å². The van der Waals surface area contributed by atoms with Gasteiger partial charge in [0.1, 0.15) is 5.56 Å². The van der Waals surface area contributed by atoms with Gasteiger partial charge < -0.3 is 15.0 Å². The van der Waals surface area contributed by atoms with Crippen LogP contribution in [0.4, 0.5) is 0 Å². The molecule has 0 unspecified atom stereocenters. The van der Waals surface area contributed by atoms with Gasteiger partial charge in [0.2, 0.25) is 0 Å². The van der Waals surface area contributed by atoms with Crippen molar-refractivity contribution in [2.45, 2.75) is 31.7 Å². The number of aromatic amines is 1. The third kappa shape index (κ3) is 3.82. The van der Waals surface area contributed by atoms with E-state index in [1.54, 1.807) is 24.1 Å². The first kappa shape index (κ1) is 17.4. The lowest BCUT2D eigenvalue weighted by Crippen LogP contribution is -2.41. The van der Waals surface area contributed by atoms with Crippen LogP contribution in [0.25, 0.3) is 11.3 Å². The maximum absolute atomic E-state index is 12.7. The van der Waals surface area contributed by atoms with Crippen LogP contribution in [0.2, 0.25) is 0 Å². The number of hydrogen-bond acceptors (Lipinski definition) is 3. The lowest BCUT2D eigenvalue weighted by Gasteiger charge is -2.34. The summed E-state index contributed by atoms with van der Waals surface area (Å²) in [4.78, 5) is 29.6. The second-order valence-electron chi connectivity index (χ2n) is 6.75. The van der Waals surface area contributed by atoms with Crippen molar-refractivity contribution in [2.24, 2.45) is 5.92 Å². The number of hydrogen-bond donors (Lipinski definition) is 2. The van der Waals surface area contributed by atoms with E-state index in [4.69, 9.17) is 0 Å². The molecule has 1 aromatic heterocycles. The first-order chi connectivity index (χ1) is 12.1. The highest BCUT2D eigenvalue weighted by molar-refractivity contribution is 5.94. The molecule has 0 aliphatic heterocycles. The predicted octanol–water partition coefficient (Wildman–Crippen LogP) is 2.67. The Balaban J connectivity index is 1.75. The second kappa shape index (κ2) is 7.66. The van der Waals surface area contributed by atoms with Crippen molar-refractivity contribution in [3.05, 3.63) is 58.4 Å². The summed E-state index contributed by atoms with van der Waals surface area (Å²) in [6.07, 6.45) is 3.57. The molecule has 132 valence electrons. The van der Waals surface area contributed by atoms with E-state index in [1.165, 1.54) is 0 Å². The van der Waals surface area contributed by atoms with Gasteiger partial charge in [0.05, 0.1) is 0 Å². The van der Waals surface area contributed by atoms with Gasteiger partial charge in [0.15, 0.2) is 0 Å². The fourth-order valence-corrected chi connectivity index (χ4v) is 3.50.